The van der Waals surface area contributed by atoms with Gasteiger partial charge in [0.2, 0.25) is 21.8 Å². The Morgan fingerprint density at radius 2 is 1.78 bits per heavy atom. The number of carboxylic acids is 1. The highest BCUT2D eigenvalue weighted by Gasteiger charge is 2.69. The lowest BCUT2D eigenvalue weighted by molar-refractivity contribution is -0.149. The molecule has 2 saturated carbocycles. The Morgan fingerprint density at radius 3 is 2.47 bits per heavy atom. The first kappa shape index (κ1) is 29.7. The number of sulfonamides is 1. The first-order chi connectivity index (χ1) is 21.4. The van der Waals surface area contributed by atoms with E-state index in [2.05, 4.69) is 10.3 Å². The van der Waals surface area contributed by atoms with Gasteiger partial charge in [-0.15, -0.1) is 11.8 Å². The quantitative estimate of drug-likeness (QED) is 0.255. The number of rotatable bonds is 8. The zero-order chi connectivity index (χ0) is 31.8. The van der Waals surface area contributed by atoms with Crippen molar-refractivity contribution >= 4 is 62.5 Å². The van der Waals surface area contributed by atoms with Crippen LogP contribution in [0.2, 0.25) is 0 Å². The standard InChI is InChI=1S/C29H26N4O9S3/c30-45(40,41)15-6-4-13(5-7-15)31-18(34)11-42-14-3-1-2-12(8-14)20-21-16-9-17(24(21)43-26-25(20)44-29(39)32-26)23-22(16)27(37)33(28(23)38)10-19(35)36/h1-8,16-17,20-24H,9-11H2,(H,31,34)(H,32,39)(H,35,36)(H2,30,40,41)/t16?,17?,20-,21?,22?,23?,24?/m1/s1. The lowest BCUT2D eigenvalue weighted by Gasteiger charge is -2.43. The van der Waals surface area contributed by atoms with Crippen LogP contribution in [0.25, 0.3) is 0 Å². The van der Waals surface area contributed by atoms with Crippen LogP contribution in [-0.4, -0.2) is 65.5 Å². The van der Waals surface area contributed by atoms with Gasteiger partial charge in [0, 0.05) is 21.7 Å². The van der Waals surface area contributed by atoms with Gasteiger partial charge < -0.3 is 20.1 Å². The summed E-state index contributed by atoms with van der Waals surface area (Å²) in [6.07, 6.45) is 0.667. The van der Waals surface area contributed by atoms with E-state index in [1.807, 2.05) is 12.1 Å². The number of amides is 3. The van der Waals surface area contributed by atoms with Gasteiger partial charge in [-0.3, -0.25) is 28.9 Å². The lowest BCUT2D eigenvalue weighted by atomic mass is 9.68. The van der Waals surface area contributed by atoms with Crippen molar-refractivity contribution < 1.29 is 37.4 Å². The summed E-state index contributed by atoms with van der Waals surface area (Å²) in [4.78, 5) is 67.5. The van der Waals surface area contributed by atoms with Crippen LogP contribution >= 0.6 is 23.1 Å². The largest absolute Gasteiger partial charge is 0.484 e. The van der Waals surface area contributed by atoms with E-state index in [1.165, 1.54) is 36.0 Å². The highest BCUT2D eigenvalue weighted by Crippen LogP contribution is 2.68. The van der Waals surface area contributed by atoms with Crippen LogP contribution in [-0.2, 0) is 29.2 Å². The predicted octanol–water partition coefficient (Wildman–Crippen LogP) is 1.66. The topological polar surface area (TPSA) is 206 Å². The third-order valence-electron chi connectivity index (χ3n) is 9.16. The first-order valence-corrected chi connectivity index (χ1v) is 17.3. The maximum absolute atomic E-state index is 13.4. The molecule has 3 aromatic rings. The van der Waals surface area contributed by atoms with Gasteiger partial charge in [0.05, 0.1) is 21.8 Å². The third kappa shape index (κ3) is 5.05. The Morgan fingerprint density at radius 1 is 1.07 bits per heavy atom. The van der Waals surface area contributed by atoms with Gasteiger partial charge in [0.15, 0.2) is 6.61 Å². The van der Waals surface area contributed by atoms with E-state index < -0.39 is 52.1 Å². The molecule has 7 atom stereocenters. The molecule has 13 nitrogen and oxygen atoms in total. The van der Waals surface area contributed by atoms with Crippen molar-refractivity contribution in [3.63, 3.8) is 0 Å². The molecule has 2 aliphatic carbocycles. The number of H-pyrrole nitrogens is 1. The van der Waals surface area contributed by atoms with Gasteiger partial charge in [-0.2, -0.15) is 0 Å². The fraction of sp³-hybridized carbons (Fsp3) is 0.345. The normalized spacial score (nSPS) is 28.0. The molecule has 5 N–H and O–H groups in total. The number of benzene rings is 2. The second-order valence-electron chi connectivity index (χ2n) is 11.6. The van der Waals surface area contributed by atoms with E-state index in [0.29, 0.717) is 17.9 Å². The first-order valence-electron chi connectivity index (χ1n) is 14.0. The van der Waals surface area contributed by atoms with Gasteiger partial charge in [-0.05, 0) is 66.1 Å². The summed E-state index contributed by atoms with van der Waals surface area (Å²) in [5.74, 6) is -3.97. The second-order valence-corrected chi connectivity index (χ2v) is 15.4. The average molecular weight is 671 g/mol. The van der Waals surface area contributed by atoms with Crippen molar-refractivity contribution in [2.45, 2.75) is 27.5 Å². The van der Waals surface area contributed by atoms with Crippen molar-refractivity contribution in [2.75, 3.05) is 18.5 Å². The zero-order valence-electron chi connectivity index (χ0n) is 23.2. The summed E-state index contributed by atoms with van der Waals surface area (Å²) in [6.45, 7) is -0.981. The number of imide groups is 1. The molecule has 0 spiro atoms. The van der Waals surface area contributed by atoms with Crippen molar-refractivity contribution in [3.8, 4) is 5.75 Å². The number of likely N-dealkylation sites (tertiary alicyclic amines) is 1. The molecule has 45 heavy (non-hydrogen) atoms. The molecule has 3 fully saturated rings. The number of aromatic amines is 1. The number of carbonyl (C=O) groups is 4. The van der Waals surface area contributed by atoms with Gasteiger partial charge in [0.1, 0.15) is 12.3 Å². The number of carbonyl (C=O) groups excluding carboxylic acids is 3. The molecule has 3 heterocycles. The third-order valence-corrected chi connectivity index (χ3v) is 12.7. The van der Waals surface area contributed by atoms with Crippen LogP contribution in [0.5, 0.6) is 5.75 Å². The molecular weight excluding hydrogens is 645 g/mol. The summed E-state index contributed by atoms with van der Waals surface area (Å²) in [5, 5.41) is 17.7. The number of thioether (sulfide) groups is 1. The number of carboxylic acid groups (broad SMARTS) is 1. The number of nitrogens with two attached hydrogens (primary N) is 1. The molecule has 3 amide bonds. The molecule has 1 saturated heterocycles. The molecule has 1 aromatic heterocycles. The van der Waals surface area contributed by atoms with Crippen LogP contribution in [0.15, 0.2) is 63.2 Å². The van der Waals surface area contributed by atoms with Crippen molar-refractivity contribution in [2.24, 2.45) is 34.7 Å². The molecule has 16 heteroatoms. The molecule has 2 bridgehead atoms. The van der Waals surface area contributed by atoms with Crippen LogP contribution in [0.1, 0.15) is 22.8 Å². The number of aliphatic carboxylic acids is 1. The minimum Gasteiger partial charge on any atom is -0.484 e. The van der Waals surface area contributed by atoms with Gasteiger partial charge in [0.25, 0.3) is 5.91 Å². The Kier molecular flexibility index (Phi) is 7.14. The predicted molar refractivity (Wildman–Crippen MR) is 161 cm³/mol. The Bertz CT molecular complexity index is 1920. The summed E-state index contributed by atoms with van der Waals surface area (Å²) in [5.41, 5.74) is 1.20. The molecular formula is C29H26N4O9S3. The van der Waals surface area contributed by atoms with Crippen LogP contribution in [0.4, 0.5) is 5.69 Å². The van der Waals surface area contributed by atoms with Crippen LogP contribution in [0, 0.1) is 29.6 Å². The summed E-state index contributed by atoms with van der Waals surface area (Å²) >= 11 is 2.64. The summed E-state index contributed by atoms with van der Waals surface area (Å²) in [6, 6.07) is 12.6. The minimum absolute atomic E-state index is 0.0588. The Hall–Kier alpha value is -3.99. The number of nitrogens with zero attached hydrogens (tertiary/aromatic N) is 1. The SMILES string of the molecule is NS(=O)(=O)c1ccc(NC(=O)COc2cccc([C@H]3c4sc(=O)[nH]c4SC4C5CC(C6C(=O)N(CC(=O)O)C(=O)C56)C43)c2)cc1. The van der Waals surface area contributed by atoms with E-state index in [0.717, 1.165) is 31.7 Å². The number of aromatic nitrogens is 1. The van der Waals surface area contributed by atoms with Crippen LogP contribution in [0.3, 0.4) is 0 Å². The molecule has 7 rings (SSSR count). The van der Waals surface area contributed by atoms with E-state index in [4.69, 9.17) is 9.88 Å². The smallest absolute Gasteiger partial charge is 0.323 e. The van der Waals surface area contributed by atoms with E-state index in [9.17, 15) is 37.5 Å². The summed E-state index contributed by atoms with van der Waals surface area (Å²) < 4.78 is 28.7. The Labute approximate surface area is 264 Å². The van der Waals surface area contributed by atoms with Gasteiger partial charge in [-0.1, -0.05) is 23.5 Å². The molecule has 0 radical (unpaired) electrons. The monoisotopic (exact) mass is 670 g/mol. The van der Waals surface area contributed by atoms with E-state index >= 15 is 0 Å². The highest BCUT2D eigenvalue weighted by atomic mass is 32.2. The molecule has 4 aliphatic rings. The van der Waals surface area contributed by atoms with Crippen molar-refractivity contribution in [1.82, 2.24) is 9.88 Å². The minimum atomic E-state index is -3.86. The van der Waals surface area contributed by atoms with Gasteiger partial charge >= 0.3 is 10.8 Å². The lowest BCUT2D eigenvalue weighted by Crippen LogP contribution is -2.42. The number of anilines is 1. The number of hydrogen-bond acceptors (Lipinski definition) is 10. The number of nitrogens with one attached hydrogen (secondary N) is 2. The van der Waals surface area contributed by atoms with Crippen LogP contribution < -0.4 is 20.1 Å². The fourth-order valence-electron chi connectivity index (χ4n) is 7.61. The maximum atomic E-state index is 13.4. The molecule has 6 unspecified atom stereocenters. The fourth-order valence-corrected chi connectivity index (χ4v) is 11.0. The molecule has 2 aromatic carbocycles. The molecule has 234 valence electrons. The number of primary sulfonamides is 1. The van der Waals surface area contributed by atoms with Crippen molar-refractivity contribution in [3.05, 3.63) is 68.6 Å². The number of hydrogen-bond donors (Lipinski definition) is 4. The van der Waals surface area contributed by atoms with E-state index in [-0.39, 0.29) is 45.3 Å². The number of ether oxygens (including phenoxy) is 1. The number of thiazole rings is 1. The average Bonchev–Trinajstić information content (AvgIpc) is 3.72. The highest BCUT2D eigenvalue weighted by molar-refractivity contribution is 8.00. The second kappa shape index (κ2) is 10.8. The van der Waals surface area contributed by atoms with E-state index in [1.54, 1.807) is 12.1 Å². The molecule has 2 aliphatic heterocycles. The summed E-state index contributed by atoms with van der Waals surface area (Å²) in [7, 11) is -3.86. The van der Waals surface area contributed by atoms with Crippen molar-refractivity contribution in [1.29, 1.82) is 0 Å². The maximum Gasteiger partial charge on any atom is 0.323 e. The number of fused-ring (bicyclic) bond motifs is 9. The Balaban J connectivity index is 1.13. The van der Waals surface area contributed by atoms with Gasteiger partial charge in [-0.25, -0.2) is 13.6 Å². The zero-order valence-corrected chi connectivity index (χ0v) is 25.7.